The number of amides is 13. The van der Waals surface area contributed by atoms with Crippen LogP contribution in [0.4, 0.5) is 5.69 Å². The van der Waals surface area contributed by atoms with Crippen molar-refractivity contribution in [3.63, 3.8) is 0 Å². The molecule has 1 aromatic carbocycles. The molecule has 2 fully saturated rings. The molecule has 0 saturated carbocycles. The molecule has 17 atom stereocenters. The molecule has 13 amide bonds. The van der Waals surface area contributed by atoms with Crippen molar-refractivity contribution >= 4 is 101 Å². The number of carbonyl (C=O) groups excluding carboxylic acids is 16. The molecule has 2 saturated heterocycles. The second kappa shape index (κ2) is 51.5. The summed E-state index contributed by atoms with van der Waals surface area (Å²) >= 11 is 0. The maximum Gasteiger partial charge on any atom is 0.332 e. The summed E-state index contributed by atoms with van der Waals surface area (Å²) in [6, 6.07) is -9.62. The molecule has 2 heterocycles. The summed E-state index contributed by atoms with van der Waals surface area (Å²) in [6.45, 7) is 38.0. The van der Waals surface area contributed by atoms with Crippen LogP contribution < -0.4 is 31.9 Å². The smallest absolute Gasteiger partial charge is 0.332 e. The number of rotatable bonds is 26. The first-order valence-electron chi connectivity index (χ1n) is 43.5. The van der Waals surface area contributed by atoms with Gasteiger partial charge in [0, 0.05) is 55.8 Å². The lowest BCUT2D eigenvalue weighted by Gasteiger charge is -2.41. The van der Waals surface area contributed by atoms with Crippen LogP contribution in [0.15, 0.2) is 30.4 Å². The molecular weight excluding hydrogens is 1590 g/mol. The zero-order valence-electron chi connectivity index (χ0n) is 78.6. The van der Waals surface area contributed by atoms with Gasteiger partial charge in [-0.05, 0) is 139 Å². The van der Waals surface area contributed by atoms with Crippen molar-refractivity contribution in [2.75, 3.05) is 61.2 Å². The fourth-order valence-electron chi connectivity index (χ4n) is 14.9. The molecule has 2 aliphatic heterocycles. The van der Waals surface area contributed by atoms with Gasteiger partial charge in [0.15, 0.2) is 17.9 Å². The summed E-state index contributed by atoms with van der Waals surface area (Å²) in [7, 11) is 9.92. The Labute approximate surface area is 729 Å². The Balaban J connectivity index is 0.00000111. The number of aliphatic hydroxyl groups excluding tert-OH is 1. The van der Waals surface area contributed by atoms with Crippen LogP contribution in [0.5, 0.6) is 5.75 Å². The number of benzene rings is 1. The summed E-state index contributed by atoms with van der Waals surface area (Å²) in [5, 5.41) is 38.2. The van der Waals surface area contributed by atoms with Crippen molar-refractivity contribution in [1.29, 1.82) is 0 Å². The Hall–Kier alpha value is -9.76. The van der Waals surface area contributed by atoms with Crippen molar-refractivity contribution in [3.8, 4) is 5.75 Å². The van der Waals surface area contributed by atoms with Crippen LogP contribution in [0.3, 0.4) is 0 Å². The number of aliphatic hydroxyl groups is 1. The van der Waals surface area contributed by atoms with Crippen molar-refractivity contribution < 1.29 is 101 Å². The molecule has 3 rings (SSSR count). The van der Waals surface area contributed by atoms with Gasteiger partial charge in [-0.1, -0.05) is 155 Å². The van der Waals surface area contributed by atoms with Gasteiger partial charge in [0.2, 0.25) is 71.4 Å². The lowest BCUT2D eigenvalue weighted by Crippen LogP contribution is -2.63. The van der Waals surface area contributed by atoms with E-state index in [-0.39, 0.29) is 79.4 Å². The molecule has 34 heteroatoms. The number of allylic oxidation sites excluding steroid dienone is 2. The number of nitrogens with zero attached hydrogens (tertiary/aromatic N) is 7. The van der Waals surface area contributed by atoms with Gasteiger partial charge in [-0.3, -0.25) is 71.9 Å². The third-order valence-corrected chi connectivity index (χ3v) is 22.3. The highest BCUT2D eigenvalue weighted by atomic mass is 16.6. The molecule has 1 aromatic rings. The quantitative estimate of drug-likeness (QED) is 0.0125. The number of cyclic esters (lactones) is 2. The molecule has 8 N–H and O–H groups in total. The Morgan fingerprint density at radius 3 is 1.55 bits per heavy atom. The number of unbranched alkanes of at least 4 members (excludes halogenated alkanes) is 2. The number of aromatic hydroxyl groups is 1. The van der Waals surface area contributed by atoms with Crippen LogP contribution in [0, 0.1) is 53.3 Å². The molecule has 17 unspecified atom stereocenters. The molecule has 696 valence electrons. The molecule has 0 bridgehead atoms. The lowest BCUT2D eigenvalue weighted by atomic mass is 9.91. The molecule has 34 nitrogen and oxygen atoms in total. The highest BCUT2D eigenvalue weighted by Crippen LogP contribution is 2.32. The van der Waals surface area contributed by atoms with Crippen LogP contribution in [-0.4, -0.2) is 286 Å². The van der Waals surface area contributed by atoms with E-state index < -0.39 is 216 Å². The fourth-order valence-corrected chi connectivity index (χ4v) is 14.9. The summed E-state index contributed by atoms with van der Waals surface area (Å²) in [5.74, 6) is -14.0. The average Bonchev–Trinajstić information content (AvgIpc) is 1.36. The molecule has 0 aromatic heterocycles. The first kappa shape index (κ1) is 109. The molecule has 0 aliphatic carbocycles. The number of para-hydroxylation sites is 1. The zero-order chi connectivity index (χ0) is 94.4. The van der Waals surface area contributed by atoms with Crippen molar-refractivity contribution in [2.24, 2.45) is 53.3 Å². The highest BCUT2D eigenvalue weighted by Gasteiger charge is 2.48. The van der Waals surface area contributed by atoms with Crippen molar-refractivity contribution in [3.05, 3.63) is 35.9 Å². The van der Waals surface area contributed by atoms with E-state index in [0.29, 0.717) is 25.7 Å². The summed E-state index contributed by atoms with van der Waals surface area (Å²) < 4.78 is 16.9. The Morgan fingerprint density at radius 1 is 0.553 bits per heavy atom. The third-order valence-electron chi connectivity index (χ3n) is 22.3. The monoisotopic (exact) mass is 1740 g/mol. The maximum atomic E-state index is 15.1. The number of carbonyl (C=O) groups is 16. The van der Waals surface area contributed by atoms with Gasteiger partial charge in [0.25, 0.3) is 5.91 Å². The average molecular weight is 1740 g/mol. The van der Waals surface area contributed by atoms with Crippen LogP contribution in [-0.2, 0) is 86.1 Å². The predicted molar refractivity (Wildman–Crippen MR) is 466 cm³/mol. The van der Waals surface area contributed by atoms with E-state index >= 15 is 9.59 Å². The van der Waals surface area contributed by atoms with E-state index in [4.69, 9.17) is 14.2 Å². The van der Waals surface area contributed by atoms with Gasteiger partial charge in [0.05, 0.1) is 29.8 Å². The number of phenolic OH excluding ortho intramolecular Hbond substituents is 1. The second-order valence-electron chi connectivity index (χ2n) is 35.9. The Morgan fingerprint density at radius 2 is 1.05 bits per heavy atom. The van der Waals surface area contributed by atoms with Crippen molar-refractivity contribution in [1.82, 2.24) is 60.9 Å². The van der Waals surface area contributed by atoms with Gasteiger partial charge in [-0.15, -0.1) is 0 Å². The maximum absolute atomic E-state index is 15.1. The minimum atomic E-state index is -1.61. The number of likely N-dealkylation sites (N-methyl/N-ethyl adjacent to an activating group) is 7. The Bertz CT molecular complexity index is 3770. The van der Waals surface area contributed by atoms with Crippen LogP contribution in [0.2, 0.25) is 0 Å². The van der Waals surface area contributed by atoms with E-state index in [1.807, 2.05) is 82.2 Å². The van der Waals surface area contributed by atoms with E-state index in [1.54, 1.807) is 54.5 Å². The number of ether oxygens (including phenoxy) is 3. The number of anilines is 1. The summed E-state index contributed by atoms with van der Waals surface area (Å²) in [4.78, 5) is 231. The fraction of sp³-hybridized carbons (Fsp3) is 0.730. The SMILES string of the molecule is CC=CCC(C)C(O)C1C(=O)NC(CC)C(=O)N(C)CC(=O)N(C)C(CC(C)C)C(=O)NC(C(C)C)C(=O)N(C)C(CC(C)C)C(=O)NC(C)C(=O)NC(C)C(=O)N(C)C(CC(C)C)C(=O)N(C)C(CC(C)C)C(=O)N(C)C(C(C)C)C(=O)N1C.CCCCCC1C(=O)OC(C)C(NC(=O)c2cccc(NC=O)c2O)C(=O)OC(C)C1OC(=O)CC(C)C. The number of esters is 3. The van der Waals surface area contributed by atoms with Crippen LogP contribution >= 0.6 is 0 Å². The van der Waals surface area contributed by atoms with Gasteiger partial charge in [-0.2, -0.15) is 0 Å². The van der Waals surface area contributed by atoms with Crippen LogP contribution in [0.25, 0.3) is 0 Å². The highest BCUT2D eigenvalue weighted by molar-refractivity contribution is 6.02. The normalized spacial score (nSPS) is 25.9. The predicted octanol–water partition coefficient (Wildman–Crippen LogP) is 6.36. The van der Waals surface area contributed by atoms with E-state index in [2.05, 4.69) is 31.9 Å². The topological polar surface area (TPSA) is 436 Å². The summed E-state index contributed by atoms with van der Waals surface area (Å²) in [5.41, 5.74) is -0.215. The molecule has 0 radical (unpaired) electrons. The van der Waals surface area contributed by atoms with Gasteiger partial charge in [0.1, 0.15) is 72.6 Å². The first-order valence-corrected chi connectivity index (χ1v) is 43.5. The molecule has 123 heavy (non-hydrogen) atoms. The number of nitrogens with one attached hydrogen (secondary N) is 6. The minimum Gasteiger partial charge on any atom is -0.505 e. The number of hydrogen-bond donors (Lipinski definition) is 8. The van der Waals surface area contributed by atoms with E-state index in [0.717, 1.165) is 22.6 Å². The van der Waals surface area contributed by atoms with E-state index in [9.17, 15) is 77.3 Å². The minimum absolute atomic E-state index is 0.00114. The van der Waals surface area contributed by atoms with E-state index in [1.165, 1.54) is 120 Å². The first-order chi connectivity index (χ1) is 57.2. The number of phenols is 1. The van der Waals surface area contributed by atoms with Gasteiger partial charge < -0.3 is 90.6 Å². The lowest BCUT2D eigenvalue weighted by molar-refractivity contribution is -0.175. The zero-order valence-corrected chi connectivity index (χ0v) is 78.6. The van der Waals surface area contributed by atoms with Gasteiger partial charge in [-0.25, -0.2) is 4.79 Å². The number of hydrogen-bond acceptors (Lipinski definition) is 21. The van der Waals surface area contributed by atoms with Gasteiger partial charge >= 0.3 is 17.9 Å². The standard InChI is InChI=1S/C62H111N11O12.C27H38N2O9/c1-25-27-28-40(15)52(75)51-56(79)65-43(26-2)58(81)67(18)33-48(74)68(19)44(29-34(3)4)55(78)66-49(38(11)12)61(84)69(20)45(30-35(5)6)54(77)63-41(16)53(76)64-42(17)57(80)70(21)46(31-36(7)8)59(82)71(22)47(32-37(9)10)60(83)72(23)50(39(13)14)62(85)73(51)24;1-6-7-8-10-19-24(38-21(31)13-15(2)3)17(5)37-27(35)22(16(4)36-26(19)34)29-25(33)18-11-9-12-20(23(18)32)28-14-30/h25,27,34-47,49-52,75H,26,28-33H2,1-24H3,(H,63,77)(H,64,76)(H,65,79)(H,66,78);9,11-12,14-17,19,22,24,32H,6-8,10,13H2,1-5H3,(H,28,30)(H,29,33). The molecule has 0 spiro atoms. The van der Waals surface area contributed by atoms with Crippen LogP contribution in [0.1, 0.15) is 233 Å². The largest absolute Gasteiger partial charge is 0.505 e. The molecular formula is C89H149N13O21. The molecule has 2 aliphatic rings. The Kier molecular flexibility index (Phi) is 45.8. The third kappa shape index (κ3) is 32.1. The van der Waals surface area contributed by atoms with Crippen molar-refractivity contribution in [2.45, 2.75) is 314 Å². The second-order valence-corrected chi connectivity index (χ2v) is 35.9. The summed E-state index contributed by atoms with van der Waals surface area (Å²) in [6.07, 6.45) is 3.11.